The van der Waals surface area contributed by atoms with E-state index in [1.807, 2.05) is 30.3 Å². The van der Waals surface area contributed by atoms with Gasteiger partial charge in [0.1, 0.15) is 5.75 Å². The molecule has 0 aliphatic carbocycles. The van der Waals surface area contributed by atoms with Gasteiger partial charge in [0.25, 0.3) is 0 Å². The van der Waals surface area contributed by atoms with E-state index in [4.69, 9.17) is 4.74 Å². The molecule has 1 unspecified atom stereocenters. The Kier molecular flexibility index (Phi) is 3.38. The van der Waals surface area contributed by atoms with Crippen LogP contribution in [0.5, 0.6) is 5.75 Å². The van der Waals surface area contributed by atoms with Crippen molar-refractivity contribution in [1.82, 2.24) is 0 Å². The fourth-order valence-corrected chi connectivity index (χ4v) is 1.01. The number of methoxy groups -OCH3 is 1. The minimum absolute atomic E-state index is 0.286. The van der Waals surface area contributed by atoms with Crippen LogP contribution in [0.1, 0.15) is 6.92 Å². The molecule has 0 saturated heterocycles. The highest BCUT2D eigenvalue weighted by molar-refractivity contribution is 5.47. The lowest BCUT2D eigenvalue weighted by Crippen LogP contribution is -2.10. The number of rotatable bonds is 4. The van der Waals surface area contributed by atoms with Crippen molar-refractivity contribution < 1.29 is 4.74 Å². The fourth-order valence-electron chi connectivity index (χ4n) is 1.01. The molecule has 1 rings (SSSR count). The van der Waals surface area contributed by atoms with Gasteiger partial charge in [0.2, 0.25) is 0 Å². The summed E-state index contributed by atoms with van der Waals surface area (Å²) >= 11 is 0. The first-order chi connectivity index (χ1) is 6.26. The van der Waals surface area contributed by atoms with E-state index in [-0.39, 0.29) is 6.04 Å². The summed E-state index contributed by atoms with van der Waals surface area (Å²) in [5.74, 6) is 0.872. The second-order valence-corrected chi connectivity index (χ2v) is 2.90. The number of ether oxygens (including phenoxy) is 1. The van der Waals surface area contributed by atoms with Crippen LogP contribution in [-0.2, 0) is 0 Å². The van der Waals surface area contributed by atoms with Gasteiger partial charge in [-0.15, -0.1) is 6.58 Å². The second-order valence-electron chi connectivity index (χ2n) is 2.90. The highest BCUT2D eigenvalue weighted by Gasteiger charge is 1.96. The number of anilines is 1. The van der Waals surface area contributed by atoms with Gasteiger partial charge in [-0.1, -0.05) is 6.08 Å². The van der Waals surface area contributed by atoms with Gasteiger partial charge in [0.15, 0.2) is 0 Å². The van der Waals surface area contributed by atoms with Crippen LogP contribution in [0.3, 0.4) is 0 Å². The van der Waals surface area contributed by atoms with Crippen molar-refractivity contribution in [2.24, 2.45) is 0 Å². The predicted octanol–water partition coefficient (Wildman–Crippen LogP) is 2.68. The molecule has 2 heteroatoms. The smallest absolute Gasteiger partial charge is 0.119 e. The highest BCUT2D eigenvalue weighted by atomic mass is 16.5. The van der Waals surface area contributed by atoms with Crippen LogP contribution in [-0.4, -0.2) is 13.2 Å². The monoisotopic (exact) mass is 177 g/mol. The van der Waals surface area contributed by atoms with E-state index >= 15 is 0 Å². The standard InChI is InChI=1S/C11H15NO/c1-4-9(2)12-10-5-7-11(13-3)8-6-10/h4-9,12H,1H2,2-3H3. The Morgan fingerprint density at radius 1 is 1.38 bits per heavy atom. The van der Waals surface area contributed by atoms with Crippen molar-refractivity contribution in [1.29, 1.82) is 0 Å². The maximum atomic E-state index is 5.05. The summed E-state index contributed by atoms with van der Waals surface area (Å²) in [5, 5.41) is 3.27. The lowest BCUT2D eigenvalue weighted by molar-refractivity contribution is 0.415. The average molecular weight is 177 g/mol. The van der Waals surface area contributed by atoms with Gasteiger partial charge in [0, 0.05) is 11.7 Å². The largest absolute Gasteiger partial charge is 0.497 e. The van der Waals surface area contributed by atoms with Crippen LogP contribution in [0.25, 0.3) is 0 Å². The third-order valence-corrected chi connectivity index (χ3v) is 1.84. The molecule has 70 valence electrons. The van der Waals surface area contributed by atoms with Crippen LogP contribution >= 0.6 is 0 Å². The van der Waals surface area contributed by atoms with Gasteiger partial charge in [-0.05, 0) is 31.2 Å². The first-order valence-corrected chi connectivity index (χ1v) is 4.29. The molecule has 0 amide bonds. The van der Waals surface area contributed by atoms with Gasteiger partial charge in [0.05, 0.1) is 7.11 Å². The molecule has 0 aromatic heterocycles. The lowest BCUT2D eigenvalue weighted by atomic mass is 10.2. The normalized spacial score (nSPS) is 11.8. The predicted molar refractivity (Wildman–Crippen MR) is 56.3 cm³/mol. The molecule has 1 N–H and O–H groups in total. The van der Waals surface area contributed by atoms with Crippen molar-refractivity contribution in [3.63, 3.8) is 0 Å². The van der Waals surface area contributed by atoms with Gasteiger partial charge < -0.3 is 10.1 Å². The van der Waals surface area contributed by atoms with Crippen molar-refractivity contribution >= 4 is 5.69 Å². The minimum Gasteiger partial charge on any atom is -0.497 e. The van der Waals surface area contributed by atoms with E-state index in [1.54, 1.807) is 7.11 Å². The summed E-state index contributed by atoms with van der Waals surface area (Å²) < 4.78 is 5.05. The molecule has 0 spiro atoms. The van der Waals surface area contributed by atoms with Crippen molar-refractivity contribution in [2.75, 3.05) is 12.4 Å². The third-order valence-electron chi connectivity index (χ3n) is 1.84. The molecule has 0 radical (unpaired) electrons. The van der Waals surface area contributed by atoms with E-state index in [0.717, 1.165) is 11.4 Å². The third kappa shape index (κ3) is 2.82. The van der Waals surface area contributed by atoms with Crippen LogP contribution in [0.2, 0.25) is 0 Å². The number of nitrogens with one attached hydrogen (secondary N) is 1. The van der Waals surface area contributed by atoms with Crippen molar-refractivity contribution in [2.45, 2.75) is 13.0 Å². The van der Waals surface area contributed by atoms with Gasteiger partial charge >= 0.3 is 0 Å². The Balaban J connectivity index is 2.63. The summed E-state index contributed by atoms with van der Waals surface area (Å²) in [6, 6.07) is 8.11. The molecule has 2 nitrogen and oxygen atoms in total. The van der Waals surface area contributed by atoms with Crippen molar-refractivity contribution in [3.05, 3.63) is 36.9 Å². The zero-order chi connectivity index (χ0) is 9.68. The molecule has 0 heterocycles. The molecule has 1 aromatic rings. The molecule has 1 atom stereocenters. The maximum absolute atomic E-state index is 5.05. The highest BCUT2D eigenvalue weighted by Crippen LogP contribution is 2.15. The summed E-state index contributed by atoms with van der Waals surface area (Å²) in [6.07, 6.45) is 1.87. The first-order valence-electron chi connectivity index (χ1n) is 4.29. The van der Waals surface area contributed by atoms with E-state index in [2.05, 4.69) is 18.8 Å². The van der Waals surface area contributed by atoms with Crippen molar-refractivity contribution in [3.8, 4) is 5.75 Å². The zero-order valence-corrected chi connectivity index (χ0v) is 8.08. The Labute approximate surface area is 79.2 Å². The molecule has 0 fully saturated rings. The Bertz CT molecular complexity index is 266. The molecular weight excluding hydrogens is 162 g/mol. The molecular formula is C11H15NO. The van der Waals surface area contributed by atoms with Crippen LogP contribution in [0.15, 0.2) is 36.9 Å². The fraction of sp³-hybridized carbons (Fsp3) is 0.273. The van der Waals surface area contributed by atoms with E-state index in [1.165, 1.54) is 0 Å². The van der Waals surface area contributed by atoms with Gasteiger partial charge in [-0.2, -0.15) is 0 Å². The van der Waals surface area contributed by atoms with E-state index in [9.17, 15) is 0 Å². The summed E-state index contributed by atoms with van der Waals surface area (Å²) in [5.41, 5.74) is 1.08. The minimum atomic E-state index is 0.286. The second kappa shape index (κ2) is 4.55. The summed E-state index contributed by atoms with van der Waals surface area (Å²) in [6.45, 7) is 5.76. The van der Waals surface area contributed by atoms with Crippen LogP contribution < -0.4 is 10.1 Å². The Morgan fingerprint density at radius 3 is 2.46 bits per heavy atom. The quantitative estimate of drug-likeness (QED) is 0.714. The summed E-state index contributed by atoms with van der Waals surface area (Å²) in [7, 11) is 1.66. The lowest BCUT2D eigenvalue weighted by Gasteiger charge is -2.10. The van der Waals surface area contributed by atoms with Crippen LogP contribution in [0, 0.1) is 0 Å². The molecule has 0 aliphatic rings. The SMILES string of the molecule is C=CC(C)Nc1ccc(OC)cc1. The van der Waals surface area contributed by atoms with Gasteiger partial charge in [-0.3, -0.25) is 0 Å². The maximum Gasteiger partial charge on any atom is 0.119 e. The molecule has 0 bridgehead atoms. The van der Waals surface area contributed by atoms with Gasteiger partial charge in [-0.25, -0.2) is 0 Å². The first kappa shape index (κ1) is 9.65. The number of benzene rings is 1. The van der Waals surface area contributed by atoms with Crippen LogP contribution in [0.4, 0.5) is 5.69 Å². The average Bonchev–Trinajstić information content (AvgIpc) is 2.19. The molecule has 0 saturated carbocycles. The van der Waals surface area contributed by atoms with E-state index < -0.39 is 0 Å². The topological polar surface area (TPSA) is 21.3 Å². The Morgan fingerprint density at radius 2 is 2.00 bits per heavy atom. The Hall–Kier alpha value is -1.44. The molecule has 13 heavy (non-hydrogen) atoms. The number of hydrogen-bond donors (Lipinski definition) is 1. The molecule has 0 aliphatic heterocycles. The molecule has 1 aromatic carbocycles. The number of hydrogen-bond acceptors (Lipinski definition) is 2. The summed E-state index contributed by atoms with van der Waals surface area (Å²) in [4.78, 5) is 0. The zero-order valence-electron chi connectivity index (χ0n) is 8.08. The van der Waals surface area contributed by atoms with E-state index in [0.29, 0.717) is 0 Å².